The van der Waals surface area contributed by atoms with E-state index in [9.17, 15) is 4.79 Å². The van der Waals surface area contributed by atoms with E-state index in [4.69, 9.17) is 27.9 Å². The van der Waals surface area contributed by atoms with Gasteiger partial charge in [-0.25, -0.2) is 9.67 Å². The zero-order chi connectivity index (χ0) is 21.3. The van der Waals surface area contributed by atoms with Gasteiger partial charge < -0.3 is 10.1 Å². The molecule has 0 aliphatic heterocycles. The molecule has 2 aromatic carbocycles. The molecular weight excluding hydrogens is 423 g/mol. The number of fused-ring (bicyclic) bond motifs is 1. The largest absolute Gasteiger partial charge is 0.497 e. The van der Waals surface area contributed by atoms with Gasteiger partial charge in [0.1, 0.15) is 12.3 Å². The van der Waals surface area contributed by atoms with Crippen LogP contribution in [0, 0.1) is 6.92 Å². The third-order valence-electron chi connectivity index (χ3n) is 4.73. The second-order valence-electron chi connectivity index (χ2n) is 6.67. The highest BCUT2D eigenvalue weighted by atomic mass is 35.5. The van der Waals surface area contributed by atoms with Gasteiger partial charge in [0.25, 0.3) is 0 Å². The number of rotatable bonds is 5. The van der Waals surface area contributed by atoms with Crippen LogP contribution < -0.4 is 10.1 Å². The van der Waals surface area contributed by atoms with Crippen molar-refractivity contribution in [2.45, 2.75) is 13.5 Å². The first-order chi connectivity index (χ1) is 14.5. The Kier molecular flexibility index (Phi) is 5.61. The maximum Gasteiger partial charge on any atom is 0.246 e. The molecule has 0 unspecified atom stereocenters. The Morgan fingerprint density at radius 2 is 1.80 bits per heavy atom. The zero-order valence-corrected chi connectivity index (χ0v) is 17.8. The summed E-state index contributed by atoms with van der Waals surface area (Å²) in [5.41, 5.74) is 3.79. The monoisotopic (exact) mass is 440 g/mol. The number of benzene rings is 2. The molecule has 6 nitrogen and oxygen atoms in total. The molecule has 2 aromatic heterocycles. The van der Waals surface area contributed by atoms with E-state index < -0.39 is 0 Å². The number of nitrogens with zero attached hydrogens (tertiary/aromatic N) is 3. The van der Waals surface area contributed by atoms with Crippen LogP contribution in [0.15, 0.2) is 54.7 Å². The fourth-order valence-electron chi connectivity index (χ4n) is 3.34. The van der Waals surface area contributed by atoms with Gasteiger partial charge in [-0.3, -0.25) is 4.79 Å². The summed E-state index contributed by atoms with van der Waals surface area (Å²) in [6, 6.07) is 14.8. The van der Waals surface area contributed by atoms with Gasteiger partial charge in [-0.15, -0.1) is 0 Å². The fourth-order valence-corrected chi connectivity index (χ4v) is 3.83. The summed E-state index contributed by atoms with van der Waals surface area (Å²) >= 11 is 12.3. The lowest BCUT2D eigenvalue weighted by atomic mass is 10.0. The van der Waals surface area contributed by atoms with Gasteiger partial charge in [-0.1, -0.05) is 41.4 Å². The average molecular weight is 441 g/mol. The highest BCUT2D eigenvalue weighted by Gasteiger charge is 2.17. The van der Waals surface area contributed by atoms with Gasteiger partial charge in [-0.05, 0) is 48.4 Å². The Balaban J connectivity index is 1.67. The highest BCUT2D eigenvalue weighted by Crippen LogP contribution is 2.32. The molecule has 2 heterocycles. The molecular formula is C22H18Cl2N4O2. The van der Waals surface area contributed by atoms with E-state index in [2.05, 4.69) is 15.4 Å². The summed E-state index contributed by atoms with van der Waals surface area (Å²) in [4.78, 5) is 17.1. The Labute approximate surface area is 183 Å². The van der Waals surface area contributed by atoms with Crippen molar-refractivity contribution in [3.8, 4) is 16.9 Å². The van der Waals surface area contributed by atoms with Gasteiger partial charge in [0, 0.05) is 11.6 Å². The quantitative estimate of drug-likeness (QED) is 0.453. The van der Waals surface area contributed by atoms with Crippen molar-refractivity contribution in [1.82, 2.24) is 14.8 Å². The van der Waals surface area contributed by atoms with Gasteiger partial charge in [-0.2, -0.15) is 5.10 Å². The molecule has 8 heteroatoms. The standard InChI is InChI=1S/C22H18Cl2N4O2/c1-13-20-16(14-6-8-15(30-2)9-7-14)10-11-25-22(20)28(27-13)12-19(29)26-21-17(23)4-3-5-18(21)24/h3-11H,12H2,1-2H3,(H,26,29). The van der Waals surface area contributed by atoms with E-state index in [1.807, 2.05) is 37.3 Å². The number of carbonyl (C=O) groups is 1. The smallest absolute Gasteiger partial charge is 0.246 e. The summed E-state index contributed by atoms with van der Waals surface area (Å²) in [5.74, 6) is 0.484. The van der Waals surface area contributed by atoms with Crippen molar-refractivity contribution < 1.29 is 9.53 Å². The van der Waals surface area contributed by atoms with Crippen molar-refractivity contribution in [3.05, 3.63) is 70.5 Å². The first kappa shape index (κ1) is 20.2. The van der Waals surface area contributed by atoms with Crippen LogP contribution in [0.4, 0.5) is 5.69 Å². The minimum Gasteiger partial charge on any atom is -0.497 e. The summed E-state index contributed by atoms with van der Waals surface area (Å²) < 4.78 is 6.82. The number of anilines is 1. The molecule has 0 radical (unpaired) electrons. The number of nitrogens with one attached hydrogen (secondary N) is 1. The lowest BCUT2D eigenvalue weighted by Crippen LogP contribution is -2.20. The van der Waals surface area contributed by atoms with Gasteiger partial charge in [0.15, 0.2) is 5.65 Å². The Morgan fingerprint density at radius 3 is 2.47 bits per heavy atom. The van der Waals surface area contributed by atoms with Crippen LogP contribution >= 0.6 is 23.2 Å². The maximum atomic E-state index is 12.6. The molecule has 0 aliphatic carbocycles. The molecule has 0 aliphatic rings. The average Bonchev–Trinajstić information content (AvgIpc) is 3.06. The number of aromatic nitrogens is 3. The van der Waals surface area contributed by atoms with Gasteiger partial charge >= 0.3 is 0 Å². The summed E-state index contributed by atoms with van der Waals surface area (Å²) in [7, 11) is 1.63. The number of amides is 1. The second-order valence-corrected chi connectivity index (χ2v) is 7.49. The van der Waals surface area contributed by atoms with Crippen LogP contribution in [0.5, 0.6) is 5.75 Å². The fraction of sp³-hybridized carbons (Fsp3) is 0.136. The molecule has 0 saturated carbocycles. The number of halogens is 2. The van der Waals surface area contributed by atoms with Crippen LogP contribution in [-0.4, -0.2) is 27.8 Å². The summed E-state index contributed by atoms with van der Waals surface area (Å²) in [6.07, 6.45) is 1.71. The minimum atomic E-state index is -0.300. The lowest BCUT2D eigenvalue weighted by Gasteiger charge is -2.09. The molecule has 1 N–H and O–H groups in total. The number of methoxy groups -OCH3 is 1. The highest BCUT2D eigenvalue weighted by molar-refractivity contribution is 6.39. The van der Waals surface area contributed by atoms with Crippen molar-refractivity contribution in [2.75, 3.05) is 12.4 Å². The topological polar surface area (TPSA) is 69.0 Å². The molecule has 0 fully saturated rings. The first-order valence-electron chi connectivity index (χ1n) is 9.18. The Hall–Kier alpha value is -3.09. The van der Waals surface area contributed by atoms with Crippen molar-refractivity contribution in [3.63, 3.8) is 0 Å². The predicted molar refractivity (Wildman–Crippen MR) is 119 cm³/mol. The summed E-state index contributed by atoms with van der Waals surface area (Å²) in [5, 5.41) is 8.93. The van der Waals surface area contributed by atoms with Crippen molar-refractivity contribution in [1.29, 1.82) is 0 Å². The van der Waals surface area contributed by atoms with Crippen LogP contribution in [0.1, 0.15) is 5.69 Å². The van der Waals surface area contributed by atoms with Gasteiger partial charge in [0.2, 0.25) is 5.91 Å². The van der Waals surface area contributed by atoms with Crippen LogP contribution in [-0.2, 0) is 11.3 Å². The first-order valence-corrected chi connectivity index (χ1v) is 9.94. The maximum absolute atomic E-state index is 12.6. The van der Waals surface area contributed by atoms with Crippen molar-refractivity contribution >= 4 is 45.8 Å². The number of carbonyl (C=O) groups excluding carboxylic acids is 1. The minimum absolute atomic E-state index is 0.0229. The summed E-state index contributed by atoms with van der Waals surface area (Å²) in [6.45, 7) is 1.88. The molecule has 0 spiro atoms. The number of hydrogen-bond acceptors (Lipinski definition) is 4. The number of ether oxygens (including phenoxy) is 1. The molecule has 1 amide bonds. The molecule has 0 bridgehead atoms. The van der Waals surface area contributed by atoms with E-state index in [0.717, 1.165) is 28.0 Å². The van der Waals surface area contributed by atoms with Crippen molar-refractivity contribution in [2.24, 2.45) is 0 Å². The predicted octanol–water partition coefficient (Wildman–Crippen LogP) is 5.36. The number of aryl methyl sites for hydroxylation is 1. The molecule has 4 rings (SSSR count). The van der Waals surface area contributed by atoms with Crippen LogP contribution in [0.3, 0.4) is 0 Å². The van der Waals surface area contributed by atoms with E-state index in [1.54, 1.807) is 36.2 Å². The molecule has 0 atom stereocenters. The van der Waals surface area contributed by atoms with Crippen LogP contribution in [0.2, 0.25) is 10.0 Å². The second kappa shape index (κ2) is 8.34. The van der Waals surface area contributed by atoms with E-state index in [0.29, 0.717) is 21.4 Å². The normalized spacial score (nSPS) is 10.9. The van der Waals surface area contributed by atoms with Gasteiger partial charge in [0.05, 0.1) is 28.5 Å². The molecule has 0 saturated heterocycles. The Morgan fingerprint density at radius 1 is 1.10 bits per heavy atom. The zero-order valence-electron chi connectivity index (χ0n) is 16.3. The third kappa shape index (κ3) is 3.84. The van der Waals surface area contributed by atoms with Crippen LogP contribution in [0.25, 0.3) is 22.2 Å². The molecule has 30 heavy (non-hydrogen) atoms. The van der Waals surface area contributed by atoms with E-state index >= 15 is 0 Å². The third-order valence-corrected chi connectivity index (χ3v) is 5.36. The number of pyridine rings is 1. The molecule has 4 aromatic rings. The lowest BCUT2D eigenvalue weighted by molar-refractivity contribution is -0.116. The molecule has 152 valence electrons. The van der Waals surface area contributed by atoms with E-state index in [-0.39, 0.29) is 12.5 Å². The number of hydrogen-bond donors (Lipinski definition) is 1. The SMILES string of the molecule is COc1ccc(-c2ccnc3c2c(C)nn3CC(=O)Nc2c(Cl)cccc2Cl)cc1. The Bertz CT molecular complexity index is 1220. The number of para-hydroxylation sites is 1. The van der Waals surface area contributed by atoms with E-state index in [1.165, 1.54) is 0 Å².